The van der Waals surface area contributed by atoms with Crippen LogP contribution in [0.15, 0.2) is 52.7 Å². The second kappa shape index (κ2) is 6.99. The molecule has 2 aromatic rings. The molecular weight excluding hydrogens is 274 g/mol. The van der Waals surface area contributed by atoms with E-state index in [9.17, 15) is 4.79 Å². The summed E-state index contributed by atoms with van der Waals surface area (Å²) in [6.07, 6.45) is -0.843. The van der Waals surface area contributed by atoms with Gasteiger partial charge in [-0.2, -0.15) is 4.98 Å². The molecule has 7 heteroatoms. The number of azo groups is 1. The molecule has 1 amide bonds. The van der Waals surface area contributed by atoms with Gasteiger partial charge in [0.15, 0.2) is 5.82 Å². The van der Waals surface area contributed by atoms with E-state index in [1.807, 2.05) is 6.07 Å². The van der Waals surface area contributed by atoms with Gasteiger partial charge in [0.05, 0.1) is 14.2 Å². The number of hydrogen-bond acceptors (Lipinski definition) is 6. The monoisotopic (exact) mass is 287 g/mol. The molecular formula is C14H13N3O4. The van der Waals surface area contributed by atoms with E-state index >= 15 is 0 Å². The van der Waals surface area contributed by atoms with E-state index in [4.69, 9.17) is 14.2 Å². The molecule has 0 fully saturated rings. The Morgan fingerprint density at radius 2 is 1.81 bits per heavy atom. The summed E-state index contributed by atoms with van der Waals surface area (Å²) < 4.78 is 15.0. The minimum atomic E-state index is -0.843. The van der Waals surface area contributed by atoms with Crippen LogP contribution in [0.3, 0.4) is 0 Å². The normalized spacial score (nSPS) is 10.4. The van der Waals surface area contributed by atoms with Crippen LogP contribution in [-0.4, -0.2) is 25.3 Å². The third kappa shape index (κ3) is 4.27. The molecule has 0 aliphatic rings. The van der Waals surface area contributed by atoms with Gasteiger partial charge in [0.25, 0.3) is 0 Å². The van der Waals surface area contributed by atoms with Gasteiger partial charge < -0.3 is 14.2 Å². The number of nitrogens with zero attached hydrogens (tertiary/aromatic N) is 3. The molecule has 0 saturated heterocycles. The molecule has 1 heterocycles. The van der Waals surface area contributed by atoms with Crippen molar-refractivity contribution in [2.45, 2.75) is 0 Å². The lowest BCUT2D eigenvalue weighted by molar-refractivity contribution is 0.209. The summed E-state index contributed by atoms with van der Waals surface area (Å²) >= 11 is 0. The maximum Gasteiger partial charge on any atom is 0.457 e. The molecule has 0 atom stereocenters. The second-order valence-electron chi connectivity index (χ2n) is 3.79. The Kier molecular flexibility index (Phi) is 4.81. The predicted molar refractivity (Wildman–Crippen MR) is 74.3 cm³/mol. The van der Waals surface area contributed by atoms with Gasteiger partial charge in [0.1, 0.15) is 11.5 Å². The first-order valence-electron chi connectivity index (χ1n) is 6.00. The van der Waals surface area contributed by atoms with E-state index in [0.717, 1.165) is 0 Å². The number of methoxy groups -OCH3 is 2. The van der Waals surface area contributed by atoms with Crippen LogP contribution in [0.1, 0.15) is 0 Å². The topological polar surface area (TPSA) is 82.4 Å². The van der Waals surface area contributed by atoms with Crippen molar-refractivity contribution in [2.75, 3.05) is 14.2 Å². The number of hydrogen-bond donors (Lipinski definition) is 0. The Bertz CT molecular complexity index is 622. The Morgan fingerprint density at radius 3 is 2.48 bits per heavy atom. The molecule has 0 unspecified atom stereocenters. The van der Waals surface area contributed by atoms with Crippen molar-refractivity contribution in [3.8, 4) is 17.4 Å². The van der Waals surface area contributed by atoms with Crippen LogP contribution in [-0.2, 0) is 0 Å². The van der Waals surface area contributed by atoms with Gasteiger partial charge in [0, 0.05) is 12.1 Å². The van der Waals surface area contributed by atoms with Crippen LogP contribution >= 0.6 is 0 Å². The molecule has 0 bridgehead atoms. The molecule has 0 N–H and O–H groups in total. The van der Waals surface area contributed by atoms with Gasteiger partial charge in [-0.25, -0.2) is 4.79 Å². The number of amides is 1. The van der Waals surface area contributed by atoms with Crippen LogP contribution in [0.25, 0.3) is 0 Å². The Balaban J connectivity index is 2.08. The third-order valence-electron chi connectivity index (χ3n) is 2.39. The van der Waals surface area contributed by atoms with Crippen LogP contribution < -0.4 is 14.2 Å². The standard InChI is InChI=1S/C14H13N3O4/c1-19-11-8-12(15-13(9-11)20-2)16-17-14(18)21-10-6-4-3-5-7-10/h3-9H,1-2H3. The number of benzene rings is 1. The van der Waals surface area contributed by atoms with Crippen molar-refractivity contribution in [3.63, 3.8) is 0 Å². The van der Waals surface area contributed by atoms with Gasteiger partial charge in [0.2, 0.25) is 5.88 Å². The minimum absolute atomic E-state index is 0.177. The fourth-order valence-electron chi connectivity index (χ4n) is 1.44. The number of rotatable bonds is 4. The molecule has 1 aromatic carbocycles. The number of para-hydroxylation sites is 1. The van der Waals surface area contributed by atoms with E-state index < -0.39 is 6.09 Å². The molecule has 0 spiro atoms. The molecule has 0 radical (unpaired) electrons. The van der Waals surface area contributed by atoms with Crippen molar-refractivity contribution < 1.29 is 19.0 Å². The highest BCUT2D eigenvalue weighted by Crippen LogP contribution is 2.23. The number of pyridine rings is 1. The van der Waals surface area contributed by atoms with E-state index in [2.05, 4.69) is 15.2 Å². The van der Waals surface area contributed by atoms with Crippen molar-refractivity contribution in [3.05, 3.63) is 42.5 Å². The summed E-state index contributed by atoms with van der Waals surface area (Å²) in [5.41, 5.74) is 0. The summed E-state index contributed by atoms with van der Waals surface area (Å²) in [4.78, 5) is 15.5. The highest BCUT2D eigenvalue weighted by Gasteiger charge is 2.05. The van der Waals surface area contributed by atoms with E-state index in [0.29, 0.717) is 17.4 Å². The quantitative estimate of drug-likeness (QED) is 0.805. The molecule has 0 aliphatic heterocycles. The zero-order valence-electron chi connectivity index (χ0n) is 11.5. The fourth-order valence-corrected chi connectivity index (χ4v) is 1.44. The predicted octanol–water partition coefficient (Wildman–Crippen LogP) is 3.38. The first kappa shape index (κ1) is 14.4. The minimum Gasteiger partial charge on any atom is -0.496 e. The lowest BCUT2D eigenvalue weighted by atomic mass is 10.3. The van der Waals surface area contributed by atoms with Crippen LogP contribution in [0.2, 0.25) is 0 Å². The lowest BCUT2D eigenvalue weighted by Gasteiger charge is -2.03. The number of carbonyl (C=O) groups excluding carboxylic acids is 1. The molecule has 2 rings (SSSR count). The van der Waals surface area contributed by atoms with E-state index in [-0.39, 0.29) is 5.82 Å². The maximum absolute atomic E-state index is 11.5. The first-order chi connectivity index (χ1) is 10.2. The third-order valence-corrected chi connectivity index (χ3v) is 2.39. The van der Waals surface area contributed by atoms with Crippen LogP contribution in [0, 0.1) is 0 Å². The van der Waals surface area contributed by atoms with Crippen molar-refractivity contribution in [1.29, 1.82) is 0 Å². The summed E-state index contributed by atoms with van der Waals surface area (Å²) in [5, 5.41) is 7.13. The fraction of sp³-hybridized carbons (Fsp3) is 0.143. The molecule has 108 valence electrons. The second-order valence-corrected chi connectivity index (χ2v) is 3.79. The summed E-state index contributed by atoms with van der Waals surface area (Å²) in [6.45, 7) is 0. The van der Waals surface area contributed by atoms with Crippen LogP contribution in [0.4, 0.5) is 10.6 Å². The summed E-state index contributed by atoms with van der Waals surface area (Å²) in [7, 11) is 2.96. The van der Waals surface area contributed by atoms with Crippen molar-refractivity contribution in [1.82, 2.24) is 4.98 Å². The molecule has 0 saturated carbocycles. The zero-order chi connectivity index (χ0) is 15.1. The van der Waals surface area contributed by atoms with Gasteiger partial charge in [-0.1, -0.05) is 23.3 Å². The Labute approximate surface area is 121 Å². The van der Waals surface area contributed by atoms with Gasteiger partial charge in [-0.15, -0.1) is 5.11 Å². The molecule has 0 aliphatic carbocycles. The summed E-state index contributed by atoms with van der Waals surface area (Å²) in [6, 6.07) is 11.7. The van der Waals surface area contributed by atoms with Crippen molar-refractivity contribution >= 4 is 11.9 Å². The molecule has 7 nitrogen and oxygen atoms in total. The zero-order valence-corrected chi connectivity index (χ0v) is 11.5. The average molecular weight is 287 g/mol. The number of carbonyl (C=O) groups is 1. The highest BCUT2D eigenvalue weighted by molar-refractivity contribution is 5.70. The van der Waals surface area contributed by atoms with Gasteiger partial charge in [-0.05, 0) is 12.1 Å². The highest BCUT2D eigenvalue weighted by atomic mass is 16.6. The van der Waals surface area contributed by atoms with E-state index in [1.54, 1.807) is 30.3 Å². The van der Waals surface area contributed by atoms with Crippen molar-refractivity contribution in [2.24, 2.45) is 10.2 Å². The first-order valence-corrected chi connectivity index (χ1v) is 6.00. The number of aromatic nitrogens is 1. The maximum atomic E-state index is 11.5. The number of ether oxygens (including phenoxy) is 3. The van der Waals surface area contributed by atoms with E-state index in [1.165, 1.54) is 20.3 Å². The SMILES string of the molecule is COc1cc(N=NC(=O)Oc2ccccc2)nc(OC)c1. The smallest absolute Gasteiger partial charge is 0.457 e. The summed E-state index contributed by atoms with van der Waals surface area (Å²) in [5.74, 6) is 1.36. The van der Waals surface area contributed by atoms with Gasteiger partial charge in [-0.3, -0.25) is 0 Å². The Hall–Kier alpha value is -2.96. The molecule has 21 heavy (non-hydrogen) atoms. The van der Waals surface area contributed by atoms with Crippen LogP contribution in [0.5, 0.6) is 17.4 Å². The lowest BCUT2D eigenvalue weighted by Crippen LogP contribution is -2.00. The average Bonchev–Trinajstić information content (AvgIpc) is 2.53. The Morgan fingerprint density at radius 1 is 1.05 bits per heavy atom. The largest absolute Gasteiger partial charge is 0.496 e. The van der Waals surface area contributed by atoms with Gasteiger partial charge >= 0.3 is 6.09 Å². The molecule has 1 aromatic heterocycles.